The first-order valence-electron chi connectivity index (χ1n) is 7.84. The maximum Gasteiger partial charge on any atom is 0.314 e. The second-order valence-corrected chi connectivity index (χ2v) is 8.29. The second kappa shape index (κ2) is 6.10. The minimum Gasteiger partial charge on any atom is -0.469 e. The van der Waals surface area contributed by atoms with E-state index in [0.29, 0.717) is 15.6 Å². The number of carbonyl (C=O) groups excluding carboxylic acids is 3. The van der Waals surface area contributed by atoms with E-state index in [-0.39, 0.29) is 10.8 Å². The lowest BCUT2D eigenvalue weighted by Crippen LogP contribution is -2.35. The number of imide groups is 1. The minimum atomic E-state index is -0.961. The van der Waals surface area contributed by atoms with Crippen LogP contribution in [0.5, 0.6) is 0 Å². The first kappa shape index (κ1) is 17.0. The Labute approximate surface area is 156 Å². The number of aromatic amines is 1. The summed E-state index contributed by atoms with van der Waals surface area (Å²) in [4.78, 5) is 54.1. The summed E-state index contributed by atoms with van der Waals surface area (Å²) in [5.41, 5.74) is 1.48. The third-order valence-corrected chi connectivity index (χ3v) is 6.97. The van der Waals surface area contributed by atoms with E-state index in [9.17, 15) is 19.2 Å². The van der Waals surface area contributed by atoms with Gasteiger partial charge in [-0.3, -0.25) is 19.2 Å². The molecule has 3 heterocycles. The number of hydrogen-bond donors (Lipinski definition) is 1. The van der Waals surface area contributed by atoms with Gasteiger partial charge in [0.2, 0.25) is 11.8 Å². The van der Waals surface area contributed by atoms with E-state index in [1.54, 1.807) is 12.1 Å². The van der Waals surface area contributed by atoms with Crippen LogP contribution in [0.25, 0.3) is 0 Å². The van der Waals surface area contributed by atoms with Gasteiger partial charge >= 0.3 is 10.8 Å². The quantitative estimate of drug-likeness (QED) is 0.619. The highest BCUT2D eigenvalue weighted by Gasteiger charge is 2.58. The van der Waals surface area contributed by atoms with Crippen molar-refractivity contribution in [3.8, 4) is 0 Å². The lowest BCUT2D eigenvalue weighted by atomic mass is 9.89. The summed E-state index contributed by atoms with van der Waals surface area (Å²) in [7, 11) is 1.23. The summed E-state index contributed by atoms with van der Waals surface area (Å²) in [5, 5.41) is -0.311. The van der Waals surface area contributed by atoms with Crippen LogP contribution in [0.15, 0.2) is 34.1 Å². The highest BCUT2D eigenvalue weighted by atomic mass is 32.2. The topological polar surface area (TPSA) is 96.5 Å². The van der Waals surface area contributed by atoms with Crippen molar-refractivity contribution in [1.29, 1.82) is 0 Å². The molecule has 0 radical (unpaired) electrons. The van der Waals surface area contributed by atoms with Gasteiger partial charge in [0, 0.05) is 0 Å². The molecule has 0 aliphatic carbocycles. The van der Waals surface area contributed by atoms with Crippen LogP contribution in [0, 0.1) is 12.8 Å². The van der Waals surface area contributed by atoms with Gasteiger partial charge in [-0.1, -0.05) is 40.8 Å². The maximum atomic E-state index is 13.1. The Kier molecular flexibility index (Phi) is 4.00. The Morgan fingerprint density at radius 1 is 1.15 bits per heavy atom. The lowest BCUT2D eigenvalue weighted by Gasteiger charge is -2.27. The van der Waals surface area contributed by atoms with E-state index >= 15 is 0 Å². The number of amides is 2. The molecule has 0 spiro atoms. The molecule has 0 saturated carbocycles. The third kappa shape index (κ3) is 2.42. The average molecular weight is 390 g/mol. The van der Waals surface area contributed by atoms with E-state index < -0.39 is 29.0 Å². The molecule has 4 rings (SSSR count). The molecule has 1 saturated heterocycles. The predicted octanol–water partition coefficient (Wildman–Crippen LogP) is 1.67. The van der Waals surface area contributed by atoms with Gasteiger partial charge in [-0.15, -0.1) is 0 Å². The Bertz CT molecular complexity index is 978. The normalized spacial score (nSPS) is 24.4. The summed E-state index contributed by atoms with van der Waals surface area (Å²) < 4.78 is 4.86. The molecular formula is C17H14N2O5S2. The number of fused-ring (bicyclic) bond motifs is 2. The Balaban J connectivity index is 1.81. The molecule has 1 fully saturated rings. The smallest absolute Gasteiger partial charge is 0.314 e. The number of carbonyl (C=O) groups is 3. The monoisotopic (exact) mass is 390 g/mol. The fraction of sp³-hybridized carbons (Fsp3) is 0.294. The van der Waals surface area contributed by atoms with Crippen molar-refractivity contribution in [3.05, 3.63) is 44.4 Å². The molecule has 2 aromatic rings. The summed E-state index contributed by atoms with van der Waals surface area (Å²) in [5.74, 6) is -3.31. The van der Waals surface area contributed by atoms with Crippen molar-refractivity contribution in [3.63, 3.8) is 0 Å². The zero-order chi connectivity index (χ0) is 18.6. The number of rotatable bonds is 2. The summed E-state index contributed by atoms with van der Waals surface area (Å²) in [6, 6.07) is 7.05. The maximum absolute atomic E-state index is 13.1. The zero-order valence-electron chi connectivity index (χ0n) is 13.8. The zero-order valence-corrected chi connectivity index (χ0v) is 15.5. The van der Waals surface area contributed by atoms with Gasteiger partial charge in [-0.25, -0.2) is 4.90 Å². The Morgan fingerprint density at radius 2 is 1.85 bits per heavy atom. The van der Waals surface area contributed by atoms with Crippen LogP contribution in [0.4, 0.5) is 5.69 Å². The molecule has 2 aliphatic rings. The van der Waals surface area contributed by atoms with Gasteiger partial charge in [-0.2, -0.15) is 0 Å². The first-order chi connectivity index (χ1) is 12.4. The van der Waals surface area contributed by atoms with E-state index in [0.717, 1.165) is 33.6 Å². The van der Waals surface area contributed by atoms with Gasteiger partial charge < -0.3 is 9.72 Å². The number of nitrogens with zero attached hydrogens (tertiary/aromatic N) is 1. The minimum absolute atomic E-state index is 0.327. The SMILES string of the molecule is COC(=O)[C@H]1c2sc(=O)[nH]c2S[C@@H]2C(=O)N(c3ccc(C)cc3)C(=O)[C@@H]21. The highest BCUT2D eigenvalue weighted by molar-refractivity contribution is 8.00. The van der Waals surface area contributed by atoms with Gasteiger partial charge in [0.05, 0.1) is 28.6 Å². The third-order valence-electron chi connectivity index (χ3n) is 4.57. The number of thiazole rings is 1. The number of nitrogens with one attached hydrogen (secondary N) is 1. The summed E-state index contributed by atoms with van der Waals surface area (Å²) in [6.07, 6.45) is 0. The molecule has 26 heavy (non-hydrogen) atoms. The van der Waals surface area contributed by atoms with Gasteiger partial charge in [0.1, 0.15) is 11.2 Å². The molecule has 0 unspecified atom stereocenters. The number of aromatic nitrogens is 1. The fourth-order valence-electron chi connectivity index (χ4n) is 3.35. The molecular weight excluding hydrogens is 376 g/mol. The van der Waals surface area contributed by atoms with E-state index in [4.69, 9.17) is 4.74 Å². The number of esters is 1. The Morgan fingerprint density at radius 3 is 2.50 bits per heavy atom. The first-order valence-corrected chi connectivity index (χ1v) is 9.54. The van der Waals surface area contributed by atoms with E-state index in [1.807, 2.05) is 19.1 Å². The largest absolute Gasteiger partial charge is 0.469 e. The van der Waals surface area contributed by atoms with Crippen LogP contribution >= 0.6 is 23.1 Å². The molecule has 2 aliphatic heterocycles. The molecule has 1 aromatic heterocycles. The van der Waals surface area contributed by atoms with E-state index in [1.165, 1.54) is 7.11 Å². The second-order valence-electron chi connectivity index (χ2n) is 6.12. The number of ether oxygens (including phenoxy) is 1. The fourth-order valence-corrected chi connectivity index (χ4v) is 5.82. The number of hydrogen-bond acceptors (Lipinski definition) is 7. The van der Waals surface area contributed by atoms with Crippen LogP contribution in [0.3, 0.4) is 0 Å². The summed E-state index contributed by atoms with van der Waals surface area (Å²) >= 11 is 2.01. The highest BCUT2D eigenvalue weighted by Crippen LogP contribution is 2.51. The van der Waals surface area contributed by atoms with Gasteiger partial charge in [0.25, 0.3) is 0 Å². The molecule has 9 heteroatoms. The summed E-state index contributed by atoms with van der Waals surface area (Å²) in [6.45, 7) is 1.91. The molecule has 2 amide bonds. The van der Waals surface area contributed by atoms with Crippen molar-refractivity contribution in [2.24, 2.45) is 5.92 Å². The van der Waals surface area contributed by atoms with Crippen molar-refractivity contribution in [2.45, 2.75) is 23.1 Å². The number of benzene rings is 1. The number of aryl methyl sites for hydroxylation is 1. The molecule has 0 bridgehead atoms. The number of methoxy groups -OCH3 is 1. The molecule has 1 aromatic carbocycles. The molecule has 134 valence electrons. The molecule has 1 N–H and O–H groups in total. The molecule has 3 atom stereocenters. The van der Waals surface area contributed by atoms with Crippen molar-refractivity contribution < 1.29 is 19.1 Å². The van der Waals surface area contributed by atoms with Crippen molar-refractivity contribution >= 4 is 46.6 Å². The standard InChI is InChI=1S/C17H14N2O5S2/c1-7-3-5-8(6-4-7)19-14(20)9-10(16(22)24-2)11-13(18-17(23)26-11)25-12(9)15(19)21/h3-6,9-10,12H,1-2H3,(H,18,23)/t9-,10-,12+/m1/s1. The van der Waals surface area contributed by atoms with Crippen LogP contribution in [-0.2, 0) is 19.1 Å². The average Bonchev–Trinajstić information content (AvgIpc) is 3.11. The van der Waals surface area contributed by atoms with Crippen molar-refractivity contribution in [2.75, 3.05) is 12.0 Å². The van der Waals surface area contributed by atoms with Crippen LogP contribution in [-0.4, -0.2) is 35.1 Å². The van der Waals surface area contributed by atoms with Crippen LogP contribution in [0.2, 0.25) is 0 Å². The van der Waals surface area contributed by atoms with Crippen molar-refractivity contribution in [1.82, 2.24) is 4.98 Å². The molecule has 7 nitrogen and oxygen atoms in total. The lowest BCUT2D eigenvalue weighted by molar-refractivity contribution is -0.145. The van der Waals surface area contributed by atoms with E-state index in [2.05, 4.69) is 4.98 Å². The number of H-pyrrole nitrogens is 1. The van der Waals surface area contributed by atoms with Crippen LogP contribution in [0.1, 0.15) is 16.4 Å². The predicted molar refractivity (Wildman–Crippen MR) is 96.5 cm³/mol. The Hall–Kier alpha value is -2.39. The van der Waals surface area contributed by atoms with Crippen LogP contribution < -0.4 is 9.77 Å². The van der Waals surface area contributed by atoms with Gasteiger partial charge in [0.15, 0.2) is 0 Å². The number of thioether (sulfide) groups is 1. The number of anilines is 1. The van der Waals surface area contributed by atoms with Gasteiger partial charge in [-0.05, 0) is 19.1 Å².